The van der Waals surface area contributed by atoms with E-state index in [1.807, 2.05) is 75.4 Å². The van der Waals surface area contributed by atoms with Crippen molar-refractivity contribution in [3.8, 4) is 68.2 Å². The number of fused-ring (bicyclic) bond motifs is 15. The van der Waals surface area contributed by atoms with Gasteiger partial charge in [0.2, 0.25) is 59.3 Å². The van der Waals surface area contributed by atoms with E-state index in [2.05, 4.69) is 47.9 Å². The average Bonchev–Trinajstić information content (AvgIpc) is 0.768. The van der Waals surface area contributed by atoms with Crippen molar-refractivity contribution in [1.82, 2.24) is 42.5 Å². The van der Waals surface area contributed by atoms with Crippen LogP contribution in [0.2, 0.25) is 10.0 Å². The van der Waals surface area contributed by atoms with Gasteiger partial charge in [-0.1, -0.05) is 105 Å². The number of anilines is 1. The number of aromatic hydroxyl groups is 3. The summed E-state index contributed by atoms with van der Waals surface area (Å²) < 4.78 is 39.6. The van der Waals surface area contributed by atoms with Crippen LogP contribution in [0.5, 0.6) is 46.0 Å². The number of phenols is 3. The molecule has 0 radical (unpaired) electrons. The van der Waals surface area contributed by atoms with E-state index in [0.717, 1.165) is 77.9 Å². The fraction of sp³-hybridized carbons (Fsp3) is 0.378. The summed E-state index contributed by atoms with van der Waals surface area (Å²) in [5, 5.41) is 139. The molecule has 35 nitrogen and oxygen atoms in total. The molecular weight excluding hydrogens is 1600 g/mol. The van der Waals surface area contributed by atoms with Gasteiger partial charge in [-0.3, -0.25) is 43.2 Å². The van der Waals surface area contributed by atoms with Gasteiger partial charge in [0, 0.05) is 29.3 Å². The van der Waals surface area contributed by atoms with E-state index in [1.54, 1.807) is 13.8 Å². The minimum atomic E-state index is -2.39. The number of aliphatic hydroxyl groups is 6. The van der Waals surface area contributed by atoms with Crippen molar-refractivity contribution in [2.24, 2.45) is 11.7 Å². The number of aliphatic hydroxyl groups excluding tert-OH is 6. The minimum absolute atomic E-state index is 0.112. The molecule has 18 atom stereocenters. The lowest BCUT2D eigenvalue weighted by molar-refractivity contribution is -0.332. The van der Waals surface area contributed by atoms with Crippen LogP contribution in [-0.2, 0) is 57.4 Å². The highest BCUT2D eigenvalue weighted by molar-refractivity contribution is 6.32. The highest BCUT2D eigenvalue weighted by Crippen LogP contribution is 2.50. The molecule has 7 heterocycles. The first kappa shape index (κ1) is 86.9. The summed E-state index contributed by atoms with van der Waals surface area (Å²) in [7, 11) is 0. The van der Waals surface area contributed by atoms with Gasteiger partial charge in [0.15, 0.2) is 23.9 Å². The van der Waals surface area contributed by atoms with E-state index < -0.39 is 250 Å². The van der Waals surface area contributed by atoms with Crippen LogP contribution in [0.3, 0.4) is 0 Å². The van der Waals surface area contributed by atoms with Crippen molar-refractivity contribution >= 4 is 82.1 Å². The molecule has 8 amide bonds. The Morgan fingerprint density at radius 1 is 0.672 bits per heavy atom. The fourth-order valence-electron chi connectivity index (χ4n) is 14.8. The van der Waals surface area contributed by atoms with Gasteiger partial charge >= 0.3 is 5.97 Å². The lowest BCUT2D eigenvalue weighted by Gasteiger charge is -2.48. The highest BCUT2D eigenvalue weighted by Gasteiger charge is 2.52. The second kappa shape index (κ2) is 36.8. The van der Waals surface area contributed by atoms with Crippen LogP contribution in [0.15, 0.2) is 133 Å². The van der Waals surface area contributed by atoms with Gasteiger partial charge < -0.3 is 133 Å². The number of carbonyl (C=O) groups excluding carboxylic acids is 8. The van der Waals surface area contributed by atoms with E-state index in [9.17, 15) is 70.2 Å². The van der Waals surface area contributed by atoms with E-state index in [4.69, 9.17) is 57.4 Å². The molecule has 37 heteroatoms. The lowest BCUT2D eigenvalue weighted by Crippen LogP contribution is -2.64. The molecule has 0 saturated carbocycles. The standard InChI is InChI=1S/C82H90Cl2N10O25/c1-6-22-86-49(23-35(2)3)74(107)92-65-67(102)40-15-20-53(47(83)25-40)115-55-27-42-28-56(71(55)119-81-72(70(105)69(104)57(34-95)117-81)118-60-32-82(5,73(106)36(4)114-60)94-43-17-12-38(13-18-43)37-10-8-7-9-11-37)116-54-21-16-41(26-48(54)84)68(103)66-80(113)91-64(76(109)87-33-59(100)101)46-29-44(96)30-52(98)61(46)45-24-39(14-19-51(45)97)62(77(110)93-66)90-78(111)63(42)89-75(108)50(31-58(85)99)88-79(65)112/h7-21,24-30,35-36,49-50,57,60,62-70,72-73,81,86,94-98,102-106H,6,22-23,31-34H2,1-5H3,(H2,85,99)(H,87,109)(H,88,112)(H,89,108)(H,90,111)(H,91,113)(H,92,107)(H,93,110)(H,100,101)/t36-,49+,50-,57-,60-,62+,63+,64-,65+,66-,67+,68+,69+,70-,72-,73+,81-,82-/m0/s1. The Labute approximate surface area is 689 Å². The number of aliphatic carboxylic acids is 1. The number of carboxylic acid groups (broad SMARTS) is 1. The number of carboxylic acids is 1. The third kappa shape index (κ3) is 19.5. The van der Waals surface area contributed by atoms with Crippen molar-refractivity contribution in [3.63, 3.8) is 0 Å². The number of carbonyl (C=O) groups is 9. The molecule has 119 heavy (non-hydrogen) atoms. The number of ether oxygens (including phenoxy) is 6. The molecule has 11 bridgehead atoms. The quantitative estimate of drug-likeness (QED) is 0.0515. The van der Waals surface area contributed by atoms with E-state index in [0.29, 0.717) is 18.7 Å². The summed E-state index contributed by atoms with van der Waals surface area (Å²) >= 11 is 14.4. The molecule has 21 N–H and O–H groups in total. The van der Waals surface area contributed by atoms with E-state index in [1.165, 1.54) is 12.1 Å². The monoisotopic (exact) mass is 1680 g/mol. The topological polar surface area (TPSA) is 546 Å². The van der Waals surface area contributed by atoms with Crippen LogP contribution in [-0.4, -0.2) is 203 Å². The van der Waals surface area contributed by atoms with Crippen LogP contribution in [0, 0.1) is 5.92 Å². The Hall–Kier alpha value is -11.5. The maximum absolute atomic E-state index is 16.3. The van der Waals surface area contributed by atoms with Gasteiger partial charge in [-0.2, -0.15) is 0 Å². The maximum Gasteiger partial charge on any atom is 0.322 e. The van der Waals surface area contributed by atoms with Crippen LogP contribution in [0.4, 0.5) is 5.69 Å². The van der Waals surface area contributed by atoms with Gasteiger partial charge in [0.05, 0.1) is 40.8 Å². The smallest absolute Gasteiger partial charge is 0.322 e. The zero-order valence-corrected chi connectivity index (χ0v) is 66.0. The molecule has 14 rings (SSSR count). The third-order valence-electron chi connectivity index (χ3n) is 20.9. The zero-order chi connectivity index (χ0) is 85.7. The predicted octanol–water partition coefficient (Wildman–Crippen LogP) is 3.82. The molecule has 0 aromatic heterocycles. The molecule has 0 aliphatic carbocycles. The Kier molecular flexibility index (Phi) is 26.9. The summed E-state index contributed by atoms with van der Waals surface area (Å²) in [6, 6.07) is 16.3. The van der Waals surface area contributed by atoms with Crippen molar-refractivity contribution in [1.29, 1.82) is 0 Å². The molecule has 632 valence electrons. The number of nitrogens with two attached hydrogens (primary N) is 1. The molecular formula is C82H90Cl2N10O25. The number of phenolic OH excluding ortho intramolecular Hbond substituents is 3. The Bertz CT molecular complexity index is 5010. The molecule has 0 unspecified atom stereocenters. The SMILES string of the molecule is CCCN[C@H](CC(C)C)C(=O)N[C@H]1C(=O)N[C@@H](CC(N)=O)C(=O)N[C@H]2C(=O)N[C@H]3C(=O)N[C@H](C(=O)N[C@H](C(=O)NCC(=O)O)c4cc(O)cc(O)c4-c4cc3ccc4O)[C@H](O)c3ccc(c(Cl)c3)Oc3cc2cc(c3O[C@@H]2O[C@@H](CO)[C@@H](O)[C@H](O)[C@@H]2O[C@H]2C[C@](C)(Nc3ccc(-c4ccccc4)cc3)[C@H](O)[C@H](C)O2)Oc2ccc(cc2Cl)[C@H]1O. The number of rotatable bonds is 20. The van der Waals surface area contributed by atoms with Gasteiger partial charge in [0.25, 0.3) is 0 Å². The van der Waals surface area contributed by atoms with Crippen molar-refractivity contribution in [3.05, 3.63) is 171 Å². The number of benzene rings is 7. The lowest BCUT2D eigenvalue weighted by atomic mass is 9.84. The first-order valence-corrected chi connectivity index (χ1v) is 38.8. The molecule has 2 fully saturated rings. The molecule has 7 aromatic rings. The number of hydrogen-bond acceptors (Lipinski definition) is 26. The number of amides is 8. The van der Waals surface area contributed by atoms with Crippen molar-refractivity contribution in [2.75, 3.05) is 25.0 Å². The second-order valence-corrected chi connectivity index (χ2v) is 30.9. The van der Waals surface area contributed by atoms with E-state index in [-0.39, 0.29) is 46.2 Å². The van der Waals surface area contributed by atoms with Crippen molar-refractivity contribution in [2.45, 2.75) is 170 Å². The Morgan fingerprint density at radius 2 is 1.29 bits per heavy atom. The largest absolute Gasteiger partial charge is 0.508 e. The first-order chi connectivity index (χ1) is 56.6. The highest BCUT2D eigenvalue weighted by atomic mass is 35.5. The number of halogens is 2. The summed E-state index contributed by atoms with van der Waals surface area (Å²) in [6.07, 6.45) is -18.3. The average molecular weight is 1690 g/mol. The first-order valence-electron chi connectivity index (χ1n) is 38.0. The summed E-state index contributed by atoms with van der Waals surface area (Å²) in [5.74, 6) is -17.2. The maximum atomic E-state index is 16.3. The Balaban J connectivity index is 1.06. The van der Waals surface area contributed by atoms with Crippen LogP contribution in [0.25, 0.3) is 22.3 Å². The van der Waals surface area contributed by atoms with Gasteiger partial charge in [-0.15, -0.1) is 0 Å². The normalized spacial score (nSPS) is 26.6. The van der Waals surface area contributed by atoms with Gasteiger partial charge in [0.1, 0.15) is 108 Å². The molecule has 7 aliphatic rings. The fourth-order valence-corrected chi connectivity index (χ4v) is 15.3. The minimum Gasteiger partial charge on any atom is -0.508 e. The summed E-state index contributed by atoms with van der Waals surface area (Å²) in [4.78, 5) is 132. The molecule has 2 saturated heterocycles. The molecule has 7 aliphatic heterocycles. The zero-order valence-electron chi connectivity index (χ0n) is 64.5. The number of hydrogen-bond donors (Lipinski definition) is 20. The van der Waals surface area contributed by atoms with Crippen LogP contribution >= 0.6 is 23.2 Å². The number of primary amides is 1. The van der Waals surface area contributed by atoms with E-state index >= 15 is 24.0 Å². The van der Waals surface area contributed by atoms with Crippen molar-refractivity contribution < 1.29 is 123 Å². The summed E-state index contributed by atoms with van der Waals surface area (Å²) in [6.45, 7) is 7.06. The van der Waals surface area contributed by atoms with Crippen LogP contribution < -0.4 is 67.8 Å². The molecule has 0 spiro atoms. The Morgan fingerprint density at radius 3 is 1.92 bits per heavy atom. The summed E-state index contributed by atoms with van der Waals surface area (Å²) in [5.41, 5.74) is 4.03. The second-order valence-electron chi connectivity index (χ2n) is 30.1. The third-order valence-corrected chi connectivity index (χ3v) is 21.5. The van der Waals surface area contributed by atoms with Gasteiger partial charge in [-0.05, 0) is 145 Å². The predicted molar refractivity (Wildman–Crippen MR) is 423 cm³/mol. The number of nitrogens with one attached hydrogen (secondary N) is 9. The van der Waals surface area contributed by atoms with Crippen LogP contribution in [0.1, 0.15) is 118 Å². The van der Waals surface area contributed by atoms with Gasteiger partial charge in [-0.25, -0.2) is 0 Å². The molecule has 7 aromatic carbocycles.